The van der Waals surface area contributed by atoms with Crippen molar-refractivity contribution in [1.82, 2.24) is 5.32 Å². The molecule has 1 saturated carbocycles. The summed E-state index contributed by atoms with van der Waals surface area (Å²) >= 11 is 0. The highest BCUT2D eigenvalue weighted by molar-refractivity contribution is 5.99. The fourth-order valence-corrected chi connectivity index (χ4v) is 2.06. The van der Waals surface area contributed by atoms with E-state index in [1.807, 2.05) is 13.8 Å². The fraction of sp³-hybridized carbons (Fsp3) is 0.467. The topological polar surface area (TPSA) is 58.2 Å². The van der Waals surface area contributed by atoms with Crippen molar-refractivity contribution in [3.63, 3.8) is 0 Å². The lowest BCUT2D eigenvalue weighted by Gasteiger charge is -2.08. The van der Waals surface area contributed by atoms with Gasteiger partial charge in [0, 0.05) is 6.54 Å². The lowest BCUT2D eigenvalue weighted by Crippen LogP contribution is -2.30. The quantitative estimate of drug-likeness (QED) is 0.820. The molecule has 1 aromatic carbocycles. The van der Waals surface area contributed by atoms with Crippen molar-refractivity contribution in [2.24, 2.45) is 17.8 Å². The molecule has 2 atom stereocenters. The van der Waals surface area contributed by atoms with Crippen LogP contribution < -0.4 is 10.6 Å². The van der Waals surface area contributed by atoms with Crippen LogP contribution in [0.4, 0.5) is 18.9 Å². The standard InChI is InChI=1S/C15H17F3N2O2/c1-7(2)6-19-14(21)8-5-9(8)15(22)20-11-4-3-10(16)12(17)13(11)18/h3-4,7-9H,5-6H2,1-2H3,(H,19,21)(H,20,22). The zero-order valence-corrected chi connectivity index (χ0v) is 12.3. The summed E-state index contributed by atoms with van der Waals surface area (Å²) in [6.45, 7) is 4.41. The number of benzene rings is 1. The maximum absolute atomic E-state index is 13.5. The van der Waals surface area contributed by atoms with E-state index < -0.39 is 40.9 Å². The van der Waals surface area contributed by atoms with Gasteiger partial charge in [-0.05, 0) is 24.5 Å². The summed E-state index contributed by atoms with van der Waals surface area (Å²) < 4.78 is 39.3. The van der Waals surface area contributed by atoms with Gasteiger partial charge in [0.1, 0.15) is 0 Å². The molecular weight excluding hydrogens is 297 g/mol. The molecule has 0 aromatic heterocycles. The number of hydrogen-bond donors (Lipinski definition) is 2. The number of carbonyl (C=O) groups is 2. The molecular formula is C15H17F3N2O2. The van der Waals surface area contributed by atoms with E-state index in [9.17, 15) is 22.8 Å². The predicted octanol–water partition coefficient (Wildman–Crippen LogP) is 2.45. The predicted molar refractivity (Wildman–Crippen MR) is 74.4 cm³/mol. The zero-order valence-electron chi connectivity index (χ0n) is 12.3. The molecule has 0 spiro atoms. The summed E-state index contributed by atoms with van der Waals surface area (Å²) in [5.41, 5.74) is -0.433. The van der Waals surface area contributed by atoms with Gasteiger partial charge in [0.25, 0.3) is 0 Å². The Balaban J connectivity index is 1.92. The maximum atomic E-state index is 13.5. The van der Waals surface area contributed by atoms with Crippen molar-refractivity contribution in [3.05, 3.63) is 29.6 Å². The summed E-state index contributed by atoms with van der Waals surface area (Å²) in [7, 11) is 0. The Morgan fingerprint density at radius 3 is 2.41 bits per heavy atom. The minimum Gasteiger partial charge on any atom is -0.356 e. The van der Waals surface area contributed by atoms with Gasteiger partial charge in [0.2, 0.25) is 11.8 Å². The summed E-state index contributed by atoms with van der Waals surface area (Å²) in [4.78, 5) is 23.7. The van der Waals surface area contributed by atoms with Gasteiger partial charge in [-0.2, -0.15) is 0 Å². The first kappa shape index (κ1) is 16.3. The Bertz CT molecular complexity index is 605. The maximum Gasteiger partial charge on any atom is 0.228 e. The van der Waals surface area contributed by atoms with Crippen molar-refractivity contribution < 1.29 is 22.8 Å². The number of anilines is 1. The molecule has 2 unspecified atom stereocenters. The zero-order chi connectivity index (χ0) is 16.4. The SMILES string of the molecule is CC(C)CNC(=O)C1CC1C(=O)Nc1ccc(F)c(F)c1F. The van der Waals surface area contributed by atoms with Gasteiger partial charge in [0.05, 0.1) is 17.5 Å². The first-order valence-corrected chi connectivity index (χ1v) is 7.03. The largest absolute Gasteiger partial charge is 0.356 e. The molecule has 1 aliphatic carbocycles. The van der Waals surface area contributed by atoms with Crippen LogP contribution in [0.25, 0.3) is 0 Å². The summed E-state index contributed by atoms with van der Waals surface area (Å²) in [6.07, 6.45) is 0.362. The van der Waals surface area contributed by atoms with E-state index in [1.165, 1.54) is 0 Å². The van der Waals surface area contributed by atoms with E-state index in [-0.39, 0.29) is 5.91 Å². The molecule has 22 heavy (non-hydrogen) atoms. The average Bonchev–Trinajstić information content (AvgIpc) is 3.26. The molecule has 7 heteroatoms. The molecule has 1 aromatic rings. The van der Waals surface area contributed by atoms with Crippen LogP contribution in [0.3, 0.4) is 0 Å². The number of amides is 2. The van der Waals surface area contributed by atoms with Gasteiger partial charge in [-0.1, -0.05) is 13.8 Å². The Kier molecular flexibility index (Phi) is 4.73. The van der Waals surface area contributed by atoms with Gasteiger partial charge >= 0.3 is 0 Å². The number of nitrogens with one attached hydrogen (secondary N) is 2. The second-order valence-corrected chi connectivity index (χ2v) is 5.80. The normalized spacial score (nSPS) is 19.9. The molecule has 2 amide bonds. The average molecular weight is 314 g/mol. The van der Waals surface area contributed by atoms with Crippen molar-refractivity contribution in [1.29, 1.82) is 0 Å². The van der Waals surface area contributed by atoms with Gasteiger partial charge in [-0.15, -0.1) is 0 Å². The minimum atomic E-state index is -1.64. The van der Waals surface area contributed by atoms with E-state index in [1.54, 1.807) is 0 Å². The van der Waals surface area contributed by atoms with E-state index in [0.29, 0.717) is 18.9 Å². The Morgan fingerprint density at radius 2 is 1.77 bits per heavy atom. The van der Waals surface area contributed by atoms with Crippen LogP contribution >= 0.6 is 0 Å². The van der Waals surface area contributed by atoms with Crippen molar-refractivity contribution in [2.75, 3.05) is 11.9 Å². The van der Waals surface area contributed by atoms with Gasteiger partial charge in [-0.25, -0.2) is 13.2 Å². The number of carbonyl (C=O) groups excluding carboxylic acids is 2. The first-order valence-electron chi connectivity index (χ1n) is 7.03. The molecule has 1 aliphatic rings. The Labute approximate surface area is 126 Å². The third-order valence-electron chi connectivity index (χ3n) is 3.44. The second kappa shape index (κ2) is 6.37. The van der Waals surface area contributed by atoms with Gasteiger partial charge < -0.3 is 10.6 Å². The molecule has 1 fully saturated rings. The molecule has 0 radical (unpaired) electrons. The van der Waals surface area contributed by atoms with Crippen molar-refractivity contribution in [2.45, 2.75) is 20.3 Å². The Morgan fingerprint density at radius 1 is 1.14 bits per heavy atom. The van der Waals surface area contributed by atoms with Crippen LogP contribution in [0.1, 0.15) is 20.3 Å². The van der Waals surface area contributed by atoms with Crippen LogP contribution in [-0.4, -0.2) is 18.4 Å². The van der Waals surface area contributed by atoms with Crippen LogP contribution in [0.15, 0.2) is 12.1 Å². The monoisotopic (exact) mass is 314 g/mol. The van der Waals surface area contributed by atoms with Crippen LogP contribution in [0.5, 0.6) is 0 Å². The fourth-order valence-electron chi connectivity index (χ4n) is 2.06. The second-order valence-electron chi connectivity index (χ2n) is 5.80. The first-order chi connectivity index (χ1) is 10.3. The number of rotatable bonds is 5. The molecule has 4 nitrogen and oxygen atoms in total. The molecule has 0 bridgehead atoms. The van der Waals surface area contributed by atoms with E-state index in [2.05, 4.69) is 10.6 Å². The van der Waals surface area contributed by atoms with E-state index in [0.717, 1.165) is 12.1 Å². The highest BCUT2D eigenvalue weighted by Crippen LogP contribution is 2.39. The lowest BCUT2D eigenvalue weighted by molar-refractivity contribution is -0.125. The van der Waals surface area contributed by atoms with Crippen LogP contribution in [-0.2, 0) is 9.59 Å². The van der Waals surface area contributed by atoms with Crippen molar-refractivity contribution in [3.8, 4) is 0 Å². The molecule has 120 valence electrons. The van der Waals surface area contributed by atoms with Gasteiger partial charge in [0.15, 0.2) is 17.5 Å². The van der Waals surface area contributed by atoms with Crippen LogP contribution in [0, 0.1) is 35.2 Å². The molecule has 0 heterocycles. The molecule has 2 N–H and O–H groups in total. The Hall–Kier alpha value is -2.05. The molecule has 2 rings (SSSR count). The summed E-state index contributed by atoms with van der Waals surface area (Å²) in [5.74, 6) is -5.94. The third-order valence-corrected chi connectivity index (χ3v) is 3.44. The molecule has 0 saturated heterocycles. The molecule has 0 aliphatic heterocycles. The van der Waals surface area contributed by atoms with Crippen molar-refractivity contribution >= 4 is 17.5 Å². The number of halogens is 3. The van der Waals surface area contributed by atoms with Crippen LogP contribution in [0.2, 0.25) is 0 Å². The smallest absolute Gasteiger partial charge is 0.228 e. The number of hydrogen-bond acceptors (Lipinski definition) is 2. The minimum absolute atomic E-state index is 0.223. The highest BCUT2D eigenvalue weighted by Gasteiger charge is 2.48. The van der Waals surface area contributed by atoms with E-state index >= 15 is 0 Å². The summed E-state index contributed by atoms with van der Waals surface area (Å²) in [5, 5.41) is 4.91. The van der Waals surface area contributed by atoms with E-state index in [4.69, 9.17) is 0 Å². The highest BCUT2D eigenvalue weighted by atomic mass is 19.2. The van der Waals surface area contributed by atoms with Gasteiger partial charge in [-0.3, -0.25) is 9.59 Å². The third kappa shape index (κ3) is 3.58. The summed E-state index contributed by atoms with van der Waals surface area (Å²) in [6, 6.07) is 1.68. The lowest BCUT2D eigenvalue weighted by atomic mass is 10.2.